The summed E-state index contributed by atoms with van der Waals surface area (Å²) in [5, 5.41) is 0. The number of ether oxygens (including phenoxy) is 1. The van der Waals surface area contributed by atoms with Gasteiger partial charge in [0.15, 0.2) is 0 Å². The molecule has 72 valence electrons. The number of methoxy groups -OCH3 is 1. The first kappa shape index (κ1) is 10.2. The van der Waals surface area contributed by atoms with Crippen molar-refractivity contribution >= 4 is 21.9 Å². The molecule has 0 amide bonds. The third-order valence-corrected chi connectivity index (χ3v) is 2.48. The van der Waals surface area contributed by atoms with Crippen LogP contribution in [-0.4, -0.2) is 31.2 Å². The Morgan fingerprint density at radius 3 is 2.38 bits per heavy atom. The van der Waals surface area contributed by atoms with E-state index < -0.39 is 0 Å². The van der Waals surface area contributed by atoms with Crippen molar-refractivity contribution in [1.29, 1.82) is 0 Å². The molecule has 5 heteroatoms. The minimum atomic E-state index is 0.566. The summed E-state index contributed by atoms with van der Waals surface area (Å²) in [6, 6.07) is 0. The summed E-state index contributed by atoms with van der Waals surface area (Å²) in [5.41, 5.74) is 0.871. The maximum absolute atomic E-state index is 5.09. The van der Waals surface area contributed by atoms with Crippen LogP contribution in [0.4, 0.5) is 5.95 Å². The van der Waals surface area contributed by atoms with Gasteiger partial charge in [0.1, 0.15) is 4.47 Å². The number of aryl methyl sites for hydroxylation is 1. The van der Waals surface area contributed by atoms with Crippen LogP contribution in [0.3, 0.4) is 0 Å². The van der Waals surface area contributed by atoms with Crippen molar-refractivity contribution < 1.29 is 4.74 Å². The van der Waals surface area contributed by atoms with Crippen molar-refractivity contribution in [3.8, 4) is 5.88 Å². The van der Waals surface area contributed by atoms with Crippen LogP contribution in [0, 0.1) is 6.92 Å². The summed E-state index contributed by atoms with van der Waals surface area (Å²) >= 11 is 3.36. The van der Waals surface area contributed by atoms with Crippen molar-refractivity contribution in [2.24, 2.45) is 0 Å². The smallest absolute Gasteiger partial charge is 0.232 e. The molecule has 4 nitrogen and oxygen atoms in total. The van der Waals surface area contributed by atoms with Crippen LogP contribution in [0.15, 0.2) is 4.47 Å². The molecule has 0 aromatic carbocycles. The van der Waals surface area contributed by atoms with Crippen LogP contribution in [0.5, 0.6) is 5.88 Å². The van der Waals surface area contributed by atoms with Crippen molar-refractivity contribution in [3.63, 3.8) is 0 Å². The second kappa shape index (κ2) is 3.91. The van der Waals surface area contributed by atoms with E-state index in [1.807, 2.05) is 25.9 Å². The van der Waals surface area contributed by atoms with Gasteiger partial charge in [0.2, 0.25) is 11.8 Å². The van der Waals surface area contributed by atoms with Crippen LogP contribution in [0.2, 0.25) is 0 Å². The predicted molar refractivity (Wildman–Crippen MR) is 55.3 cm³/mol. The fourth-order valence-electron chi connectivity index (χ4n) is 0.854. The molecular weight excluding hydrogens is 234 g/mol. The van der Waals surface area contributed by atoms with E-state index >= 15 is 0 Å². The van der Waals surface area contributed by atoms with Crippen LogP contribution in [0.25, 0.3) is 0 Å². The number of hydrogen-bond donors (Lipinski definition) is 0. The standard InChI is InChI=1S/C8H12BrN3O/c1-5-6(9)7(13-4)11-8(10-5)12(2)3/h1-4H3. The highest BCUT2D eigenvalue weighted by Crippen LogP contribution is 2.26. The van der Waals surface area contributed by atoms with E-state index in [2.05, 4.69) is 25.9 Å². The average molecular weight is 246 g/mol. The summed E-state index contributed by atoms with van der Waals surface area (Å²) in [7, 11) is 5.37. The molecule has 0 unspecified atom stereocenters. The Morgan fingerprint density at radius 1 is 1.31 bits per heavy atom. The SMILES string of the molecule is COc1nc(N(C)C)nc(C)c1Br. The van der Waals surface area contributed by atoms with Crippen LogP contribution < -0.4 is 9.64 Å². The topological polar surface area (TPSA) is 38.2 Å². The van der Waals surface area contributed by atoms with E-state index in [4.69, 9.17) is 4.74 Å². The van der Waals surface area contributed by atoms with E-state index in [1.165, 1.54) is 0 Å². The first-order valence-corrected chi connectivity index (χ1v) is 4.61. The summed E-state index contributed by atoms with van der Waals surface area (Å²) < 4.78 is 5.90. The maximum atomic E-state index is 5.09. The average Bonchev–Trinajstić information content (AvgIpc) is 2.09. The lowest BCUT2D eigenvalue weighted by Crippen LogP contribution is -2.14. The summed E-state index contributed by atoms with van der Waals surface area (Å²) in [5.74, 6) is 1.22. The molecule has 0 atom stereocenters. The van der Waals surface area contributed by atoms with Gasteiger partial charge in [-0.05, 0) is 22.9 Å². The number of anilines is 1. The fourth-order valence-corrected chi connectivity index (χ4v) is 1.19. The van der Waals surface area contributed by atoms with Gasteiger partial charge in [0.25, 0.3) is 0 Å². The second-order valence-corrected chi connectivity index (χ2v) is 3.62. The zero-order chi connectivity index (χ0) is 10.0. The van der Waals surface area contributed by atoms with E-state index in [-0.39, 0.29) is 0 Å². The van der Waals surface area contributed by atoms with Crippen LogP contribution in [0.1, 0.15) is 5.69 Å². The first-order chi connectivity index (χ1) is 6.06. The summed E-state index contributed by atoms with van der Waals surface area (Å²) in [4.78, 5) is 10.3. The Hall–Kier alpha value is -0.840. The number of hydrogen-bond acceptors (Lipinski definition) is 4. The molecule has 1 heterocycles. The highest BCUT2D eigenvalue weighted by molar-refractivity contribution is 9.10. The molecule has 0 bridgehead atoms. The highest BCUT2D eigenvalue weighted by Gasteiger charge is 2.10. The Bertz CT molecular complexity index is 315. The van der Waals surface area contributed by atoms with Gasteiger partial charge in [0, 0.05) is 14.1 Å². The van der Waals surface area contributed by atoms with E-state index in [1.54, 1.807) is 7.11 Å². The minimum Gasteiger partial charge on any atom is -0.480 e. The fraction of sp³-hybridized carbons (Fsp3) is 0.500. The van der Waals surface area contributed by atoms with Gasteiger partial charge in [-0.2, -0.15) is 4.98 Å². The van der Waals surface area contributed by atoms with E-state index in [0.29, 0.717) is 11.8 Å². The predicted octanol–water partition coefficient (Wildman–Crippen LogP) is 1.62. The number of rotatable bonds is 2. The molecule has 0 fully saturated rings. The number of aromatic nitrogens is 2. The molecule has 0 aliphatic rings. The molecular formula is C8H12BrN3O. The molecule has 0 saturated carbocycles. The van der Waals surface area contributed by atoms with Gasteiger partial charge in [-0.25, -0.2) is 4.98 Å². The van der Waals surface area contributed by atoms with Gasteiger partial charge in [0.05, 0.1) is 12.8 Å². The Kier molecular flexibility index (Phi) is 3.08. The summed E-state index contributed by atoms with van der Waals surface area (Å²) in [6.07, 6.45) is 0. The maximum Gasteiger partial charge on any atom is 0.232 e. The van der Waals surface area contributed by atoms with Crippen molar-refractivity contribution in [2.75, 3.05) is 26.1 Å². The van der Waals surface area contributed by atoms with Crippen molar-refractivity contribution in [3.05, 3.63) is 10.2 Å². The Morgan fingerprint density at radius 2 is 1.92 bits per heavy atom. The largest absolute Gasteiger partial charge is 0.480 e. The number of nitrogens with zero attached hydrogens (tertiary/aromatic N) is 3. The number of halogens is 1. The lowest BCUT2D eigenvalue weighted by atomic mass is 10.4. The zero-order valence-electron chi connectivity index (χ0n) is 8.13. The molecule has 1 aromatic heterocycles. The van der Waals surface area contributed by atoms with Crippen molar-refractivity contribution in [1.82, 2.24) is 9.97 Å². The quantitative estimate of drug-likeness (QED) is 0.794. The molecule has 0 saturated heterocycles. The molecule has 0 spiro atoms. The second-order valence-electron chi connectivity index (χ2n) is 2.83. The van der Waals surface area contributed by atoms with Gasteiger partial charge < -0.3 is 9.64 Å². The molecule has 1 rings (SSSR count). The normalized spacial score (nSPS) is 9.92. The first-order valence-electron chi connectivity index (χ1n) is 3.81. The molecule has 0 aliphatic carbocycles. The highest BCUT2D eigenvalue weighted by atomic mass is 79.9. The minimum absolute atomic E-state index is 0.566. The zero-order valence-corrected chi connectivity index (χ0v) is 9.71. The van der Waals surface area contributed by atoms with E-state index in [0.717, 1.165) is 10.2 Å². The molecule has 0 radical (unpaired) electrons. The van der Waals surface area contributed by atoms with Crippen LogP contribution >= 0.6 is 15.9 Å². The third kappa shape index (κ3) is 2.09. The van der Waals surface area contributed by atoms with Gasteiger partial charge in [-0.1, -0.05) is 0 Å². The Balaban J connectivity index is 3.22. The molecule has 0 N–H and O–H groups in total. The monoisotopic (exact) mass is 245 g/mol. The van der Waals surface area contributed by atoms with Crippen LogP contribution in [-0.2, 0) is 0 Å². The Labute approximate surface area is 86.1 Å². The van der Waals surface area contributed by atoms with Gasteiger partial charge in [-0.3, -0.25) is 0 Å². The van der Waals surface area contributed by atoms with Crippen molar-refractivity contribution in [2.45, 2.75) is 6.92 Å². The van der Waals surface area contributed by atoms with Gasteiger partial charge in [-0.15, -0.1) is 0 Å². The third-order valence-electron chi connectivity index (χ3n) is 1.57. The molecule has 1 aromatic rings. The molecule has 0 aliphatic heterocycles. The van der Waals surface area contributed by atoms with Gasteiger partial charge >= 0.3 is 0 Å². The summed E-state index contributed by atoms with van der Waals surface area (Å²) in [6.45, 7) is 1.90. The lowest BCUT2D eigenvalue weighted by Gasteiger charge is -2.12. The molecule has 13 heavy (non-hydrogen) atoms. The van der Waals surface area contributed by atoms with E-state index in [9.17, 15) is 0 Å². The lowest BCUT2D eigenvalue weighted by molar-refractivity contribution is 0.393.